The van der Waals surface area contributed by atoms with Gasteiger partial charge in [0.05, 0.1) is 23.2 Å². The van der Waals surface area contributed by atoms with E-state index in [1.54, 1.807) is 6.07 Å². The Hall–Kier alpha value is -2.53. The third-order valence-electron chi connectivity index (χ3n) is 4.74. The number of oxazole rings is 1. The molecule has 1 aliphatic rings. The molecule has 1 fully saturated rings. The van der Waals surface area contributed by atoms with Gasteiger partial charge in [0.2, 0.25) is 5.91 Å². The number of fused-ring (bicyclic) bond motifs is 1. The van der Waals surface area contributed by atoms with Crippen molar-refractivity contribution in [3.63, 3.8) is 0 Å². The lowest BCUT2D eigenvalue weighted by atomic mass is 9.98. The lowest BCUT2D eigenvalue weighted by molar-refractivity contribution is -0.130. The highest BCUT2D eigenvalue weighted by molar-refractivity contribution is 6.33. The van der Waals surface area contributed by atoms with E-state index >= 15 is 0 Å². The van der Waals surface area contributed by atoms with Gasteiger partial charge in [-0.15, -0.1) is 0 Å². The molecule has 0 bridgehead atoms. The SMILES string of the molecule is O=C(CNc1ccccc1Cl)N1CCCC(c2nc3ccccc3o2)C1. The van der Waals surface area contributed by atoms with Crippen molar-refractivity contribution in [3.8, 4) is 0 Å². The van der Waals surface area contributed by atoms with Crippen LogP contribution in [-0.4, -0.2) is 35.4 Å². The molecule has 0 saturated carbocycles. The van der Waals surface area contributed by atoms with E-state index in [1.807, 2.05) is 47.4 Å². The maximum atomic E-state index is 12.6. The summed E-state index contributed by atoms with van der Waals surface area (Å²) in [5.74, 6) is 0.925. The fourth-order valence-electron chi connectivity index (χ4n) is 3.36. The number of benzene rings is 2. The molecule has 26 heavy (non-hydrogen) atoms. The van der Waals surface area contributed by atoms with Crippen LogP contribution in [0.25, 0.3) is 11.1 Å². The number of para-hydroxylation sites is 3. The van der Waals surface area contributed by atoms with Crippen molar-refractivity contribution in [2.24, 2.45) is 0 Å². The Kier molecular flexibility index (Phi) is 4.80. The maximum absolute atomic E-state index is 12.6. The van der Waals surface area contributed by atoms with Crippen molar-refractivity contribution in [1.29, 1.82) is 0 Å². The molecule has 2 aromatic carbocycles. The number of piperidine rings is 1. The zero-order valence-corrected chi connectivity index (χ0v) is 15.1. The van der Waals surface area contributed by atoms with E-state index in [9.17, 15) is 4.79 Å². The van der Waals surface area contributed by atoms with Gasteiger partial charge < -0.3 is 14.6 Å². The first-order valence-corrected chi connectivity index (χ1v) is 9.20. The van der Waals surface area contributed by atoms with Gasteiger partial charge in [-0.2, -0.15) is 0 Å². The van der Waals surface area contributed by atoms with Crippen LogP contribution < -0.4 is 5.32 Å². The molecule has 6 heteroatoms. The molecule has 1 saturated heterocycles. The number of likely N-dealkylation sites (tertiary alicyclic amines) is 1. The molecule has 0 radical (unpaired) electrons. The molecule has 3 aromatic rings. The van der Waals surface area contributed by atoms with Crippen LogP contribution in [-0.2, 0) is 4.79 Å². The van der Waals surface area contributed by atoms with Gasteiger partial charge in [-0.1, -0.05) is 35.9 Å². The van der Waals surface area contributed by atoms with E-state index < -0.39 is 0 Å². The molecule has 0 spiro atoms. The minimum Gasteiger partial charge on any atom is -0.440 e. The van der Waals surface area contributed by atoms with Gasteiger partial charge in [-0.05, 0) is 37.1 Å². The summed E-state index contributed by atoms with van der Waals surface area (Å²) in [5.41, 5.74) is 2.44. The third-order valence-corrected chi connectivity index (χ3v) is 5.07. The van der Waals surface area contributed by atoms with Crippen LogP contribution in [0.15, 0.2) is 52.9 Å². The van der Waals surface area contributed by atoms with Crippen LogP contribution in [0.2, 0.25) is 5.02 Å². The summed E-state index contributed by atoms with van der Waals surface area (Å²) in [6, 6.07) is 15.2. The Bertz CT molecular complexity index is 891. The molecule has 1 atom stereocenters. The smallest absolute Gasteiger partial charge is 0.241 e. The summed E-state index contributed by atoms with van der Waals surface area (Å²) >= 11 is 6.13. The Morgan fingerprint density at radius 2 is 2.04 bits per heavy atom. The molecule has 1 aliphatic heterocycles. The summed E-state index contributed by atoms with van der Waals surface area (Å²) in [7, 11) is 0. The second-order valence-electron chi connectivity index (χ2n) is 6.53. The monoisotopic (exact) mass is 369 g/mol. The number of hydrogen-bond donors (Lipinski definition) is 1. The van der Waals surface area contributed by atoms with E-state index in [1.165, 1.54) is 0 Å². The number of carbonyl (C=O) groups excluding carboxylic acids is 1. The van der Waals surface area contributed by atoms with Crippen LogP contribution >= 0.6 is 11.6 Å². The first kappa shape index (κ1) is 16.9. The molecular weight excluding hydrogens is 350 g/mol. The first-order valence-electron chi connectivity index (χ1n) is 8.82. The number of amides is 1. The van der Waals surface area contributed by atoms with Gasteiger partial charge in [0.25, 0.3) is 0 Å². The highest BCUT2D eigenvalue weighted by Gasteiger charge is 2.28. The zero-order chi connectivity index (χ0) is 17.9. The van der Waals surface area contributed by atoms with Gasteiger partial charge in [0.15, 0.2) is 11.5 Å². The van der Waals surface area contributed by atoms with Gasteiger partial charge in [0.1, 0.15) is 5.52 Å². The predicted octanol–water partition coefficient (Wildman–Crippen LogP) is 4.30. The molecule has 1 unspecified atom stereocenters. The van der Waals surface area contributed by atoms with Crippen molar-refractivity contribution in [2.45, 2.75) is 18.8 Å². The van der Waals surface area contributed by atoms with Gasteiger partial charge in [-0.25, -0.2) is 4.98 Å². The van der Waals surface area contributed by atoms with E-state index in [-0.39, 0.29) is 18.4 Å². The average Bonchev–Trinajstić information content (AvgIpc) is 3.11. The lowest BCUT2D eigenvalue weighted by Gasteiger charge is -2.31. The second kappa shape index (κ2) is 7.38. The number of halogens is 1. The van der Waals surface area contributed by atoms with Crippen LogP contribution in [0.5, 0.6) is 0 Å². The van der Waals surface area contributed by atoms with E-state index in [4.69, 9.17) is 16.0 Å². The number of nitrogens with one attached hydrogen (secondary N) is 1. The van der Waals surface area contributed by atoms with Gasteiger partial charge in [-0.3, -0.25) is 4.79 Å². The van der Waals surface area contributed by atoms with Crippen LogP contribution in [0.1, 0.15) is 24.7 Å². The summed E-state index contributed by atoms with van der Waals surface area (Å²) in [4.78, 5) is 19.1. The number of anilines is 1. The number of aromatic nitrogens is 1. The topological polar surface area (TPSA) is 58.4 Å². The van der Waals surface area contributed by atoms with Crippen LogP contribution in [0.3, 0.4) is 0 Å². The van der Waals surface area contributed by atoms with Crippen molar-refractivity contribution >= 4 is 34.3 Å². The Morgan fingerprint density at radius 3 is 2.88 bits per heavy atom. The lowest BCUT2D eigenvalue weighted by Crippen LogP contribution is -2.42. The molecule has 1 N–H and O–H groups in total. The summed E-state index contributed by atoms with van der Waals surface area (Å²) < 4.78 is 5.90. The molecule has 1 aromatic heterocycles. The minimum atomic E-state index is 0.0609. The summed E-state index contributed by atoms with van der Waals surface area (Å²) in [5, 5.41) is 3.74. The maximum Gasteiger partial charge on any atom is 0.241 e. The normalized spacial score (nSPS) is 17.4. The highest BCUT2D eigenvalue weighted by atomic mass is 35.5. The van der Waals surface area contributed by atoms with Crippen molar-refractivity contribution in [1.82, 2.24) is 9.88 Å². The van der Waals surface area contributed by atoms with E-state index in [0.29, 0.717) is 11.6 Å². The minimum absolute atomic E-state index is 0.0609. The predicted molar refractivity (Wildman–Crippen MR) is 103 cm³/mol. The average molecular weight is 370 g/mol. The fraction of sp³-hybridized carbons (Fsp3) is 0.300. The Balaban J connectivity index is 1.41. The standard InChI is InChI=1S/C20H20ClN3O2/c21-15-7-1-2-8-16(15)22-12-19(25)24-11-5-6-14(13-24)20-23-17-9-3-4-10-18(17)26-20/h1-4,7-10,14,22H,5-6,11-13H2. The molecule has 5 nitrogen and oxygen atoms in total. The summed E-state index contributed by atoms with van der Waals surface area (Å²) in [6.45, 7) is 1.62. The number of nitrogens with zero attached hydrogens (tertiary/aromatic N) is 2. The molecule has 1 amide bonds. The summed E-state index contributed by atoms with van der Waals surface area (Å²) in [6.07, 6.45) is 1.93. The van der Waals surface area contributed by atoms with E-state index in [0.717, 1.165) is 42.1 Å². The molecule has 4 rings (SSSR count). The third kappa shape index (κ3) is 3.53. The largest absolute Gasteiger partial charge is 0.440 e. The van der Waals surface area contributed by atoms with Crippen molar-refractivity contribution in [3.05, 3.63) is 59.4 Å². The van der Waals surface area contributed by atoms with Gasteiger partial charge >= 0.3 is 0 Å². The Morgan fingerprint density at radius 1 is 1.23 bits per heavy atom. The fourth-order valence-corrected chi connectivity index (χ4v) is 3.56. The number of rotatable bonds is 4. The number of carbonyl (C=O) groups is 1. The van der Waals surface area contributed by atoms with Crippen molar-refractivity contribution in [2.75, 3.05) is 25.0 Å². The quantitative estimate of drug-likeness (QED) is 0.744. The van der Waals surface area contributed by atoms with Crippen molar-refractivity contribution < 1.29 is 9.21 Å². The van der Waals surface area contributed by atoms with Gasteiger partial charge in [0, 0.05) is 13.1 Å². The van der Waals surface area contributed by atoms with Crippen LogP contribution in [0.4, 0.5) is 5.69 Å². The van der Waals surface area contributed by atoms with E-state index in [2.05, 4.69) is 10.3 Å². The Labute approximate surface area is 157 Å². The molecule has 134 valence electrons. The number of hydrogen-bond acceptors (Lipinski definition) is 4. The molecular formula is C20H20ClN3O2. The first-order chi connectivity index (χ1) is 12.7. The second-order valence-corrected chi connectivity index (χ2v) is 6.94. The molecule has 0 aliphatic carbocycles. The molecule has 2 heterocycles. The highest BCUT2D eigenvalue weighted by Crippen LogP contribution is 2.29. The zero-order valence-electron chi connectivity index (χ0n) is 14.3. The van der Waals surface area contributed by atoms with Crippen LogP contribution in [0, 0.1) is 0 Å².